The maximum atomic E-state index is 4.59. The van der Waals surface area contributed by atoms with Gasteiger partial charge in [-0.2, -0.15) is 0 Å². The van der Waals surface area contributed by atoms with Crippen LogP contribution in [0.2, 0.25) is 0 Å². The van der Waals surface area contributed by atoms with Gasteiger partial charge in [0.25, 0.3) is 0 Å². The highest BCUT2D eigenvalue weighted by molar-refractivity contribution is 9.10. The Morgan fingerprint density at radius 3 is 3.00 bits per heavy atom. The average molecular weight is 327 g/mol. The van der Waals surface area contributed by atoms with E-state index in [1.54, 1.807) is 0 Å². The van der Waals surface area contributed by atoms with E-state index in [-0.39, 0.29) is 0 Å². The van der Waals surface area contributed by atoms with E-state index in [2.05, 4.69) is 65.2 Å². The summed E-state index contributed by atoms with van der Waals surface area (Å²) in [5.74, 6) is 0.740. The molecule has 0 bridgehead atoms. The summed E-state index contributed by atoms with van der Waals surface area (Å²) in [7, 11) is 0. The van der Waals surface area contributed by atoms with Crippen molar-refractivity contribution in [2.24, 2.45) is 10.9 Å². The molecule has 0 saturated heterocycles. The first-order valence-electron chi connectivity index (χ1n) is 6.29. The number of nitrogens with one attached hydrogen (secondary N) is 1. The third-order valence-corrected chi connectivity index (χ3v) is 4.51. The van der Waals surface area contributed by atoms with Gasteiger partial charge in [-0.15, -0.1) is 0 Å². The molecule has 2 nitrogen and oxygen atoms in total. The molecule has 0 spiro atoms. The standard InChI is InChI=1S/C14H19BrN2S/c1-9(2)6-12-8-16-14(18-12)17-13-7-11(15)5-4-10(13)3/h4-5,7,9,12H,6,8H2,1-3H3,(H,16,17). The van der Waals surface area contributed by atoms with Crippen LogP contribution in [-0.4, -0.2) is 17.0 Å². The maximum Gasteiger partial charge on any atom is 0.161 e. The summed E-state index contributed by atoms with van der Waals surface area (Å²) in [6.07, 6.45) is 1.23. The minimum Gasteiger partial charge on any atom is -0.335 e. The Hall–Kier alpha value is -0.480. The molecule has 0 amide bonds. The lowest BCUT2D eigenvalue weighted by atomic mass is 10.1. The summed E-state index contributed by atoms with van der Waals surface area (Å²) >= 11 is 5.38. The van der Waals surface area contributed by atoms with Gasteiger partial charge in [-0.05, 0) is 37.0 Å². The summed E-state index contributed by atoms with van der Waals surface area (Å²) < 4.78 is 1.10. The van der Waals surface area contributed by atoms with Gasteiger partial charge in [0.1, 0.15) is 0 Å². The number of hydrogen-bond donors (Lipinski definition) is 1. The van der Waals surface area contributed by atoms with E-state index in [9.17, 15) is 0 Å². The van der Waals surface area contributed by atoms with Crippen molar-refractivity contribution in [3.63, 3.8) is 0 Å². The fraction of sp³-hybridized carbons (Fsp3) is 0.500. The number of benzene rings is 1. The number of nitrogens with zero attached hydrogens (tertiary/aromatic N) is 1. The molecule has 1 aliphatic heterocycles. The predicted octanol–water partition coefficient (Wildman–Crippen LogP) is 4.69. The van der Waals surface area contributed by atoms with Crippen LogP contribution in [0.15, 0.2) is 27.7 Å². The lowest BCUT2D eigenvalue weighted by molar-refractivity contribution is 0.575. The first kappa shape index (κ1) is 13.9. The zero-order valence-corrected chi connectivity index (χ0v) is 13.4. The van der Waals surface area contributed by atoms with Gasteiger partial charge in [0.2, 0.25) is 0 Å². The summed E-state index contributed by atoms with van der Waals surface area (Å²) in [6.45, 7) is 7.59. The molecule has 0 radical (unpaired) electrons. The Labute approximate surface area is 122 Å². The first-order valence-corrected chi connectivity index (χ1v) is 7.96. The Morgan fingerprint density at radius 1 is 1.50 bits per heavy atom. The van der Waals surface area contributed by atoms with Crippen LogP contribution in [0, 0.1) is 12.8 Å². The van der Waals surface area contributed by atoms with E-state index in [4.69, 9.17) is 0 Å². The monoisotopic (exact) mass is 326 g/mol. The van der Waals surface area contributed by atoms with Gasteiger partial charge < -0.3 is 5.32 Å². The van der Waals surface area contributed by atoms with Gasteiger partial charge in [-0.1, -0.05) is 47.6 Å². The molecule has 98 valence electrons. The molecular weight excluding hydrogens is 308 g/mol. The van der Waals surface area contributed by atoms with E-state index in [0.717, 1.165) is 27.8 Å². The van der Waals surface area contributed by atoms with Crippen LogP contribution in [0.5, 0.6) is 0 Å². The Balaban J connectivity index is 1.97. The van der Waals surface area contributed by atoms with E-state index in [1.807, 2.05) is 11.8 Å². The zero-order valence-electron chi connectivity index (χ0n) is 11.0. The van der Waals surface area contributed by atoms with Crippen molar-refractivity contribution in [1.82, 2.24) is 0 Å². The van der Waals surface area contributed by atoms with E-state index in [0.29, 0.717) is 5.25 Å². The highest BCUT2D eigenvalue weighted by Crippen LogP contribution is 2.29. The molecule has 1 atom stereocenters. The molecule has 1 heterocycles. The molecule has 0 aliphatic carbocycles. The summed E-state index contributed by atoms with van der Waals surface area (Å²) in [6, 6.07) is 6.28. The van der Waals surface area contributed by atoms with E-state index < -0.39 is 0 Å². The summed E-state index contributed by atoms with van der Waals surface area (Å²) in [5.41, 5.74) is 2.38. The lowest BCUT2D eigenvalue weighted by Gasteiger charge is -2.12. The first-order chi connectivity index (χ1) is 8.54. The molecule has 1 unspecified atom stereocenters. The predicted molar refractivity (Wildman–Crippen MR) is 85.6 cm³/mol. The molecule has 1 aromatic carbocycles. The number of hydrogen-bond acceptors (Lipinski definition) is 3. The van der Waals surface area contributed by atoms with Crippen molar-refractivity contribution in [3.05, 3.63) is 28.2 Å². The van der Waals surface area contributed by atoms with Gasteiger partial charge >= 0.3 is 0 Å². The Bertz CT molecular complexity index is 457. The SMILES string of the molecule is Cc1ccc(Br)cc1NC1=NCC(CC(C)C)S1. The van der Waals surface area contributed by atoms with Crippen molar-refractivity contribution in [2.45, 2.75) is 32.4 Å². The highest BCUT2D eigenvalue weighted by Gasteiger charge is 2.20. The lowest BCUT2D eigenvalue weighted by Crippen LogP contribution is -2.10. The second kappa shape index (κ2) is 6.11. The fourth-order valence-corrected chi connectivity index (χ4v) is 3.60. The number of anilines is 1. The van der Waals surface area contributed by atoms with Gasteiger partial charge in [0.05, 0.1) is 6.54 Å². The van der Waals surface area contributed by atoms with Gasteiger partial charge in [-0.3, -0.25) is 4.99 Å². The molecule has 0 aromatic heterocycles. The van der Waals surface area contributed by atoms with E-state index >= 15 is 0 Å². The van der Waals surface area contributed by atoms with E-state index in [1.165, 1.54) is 12.0 Å². The van der Waals surface area contributed by atoms with Gasteiger partial charge in [0, 0.05) is 15.4 Å². The van der Waals surface area contributed by atoms with Crippen LogP contribution < -0.4 is 5.32 Å². The molecule has 18 heavy (non-hydrogen) atoms. The number of halogens is 1. The number of thioether (sulfide) groups is 1. The minimum absolute atomic E-state index is 0.639. The van der Waals surface area contributed by atoms with Crippen LogP contribution in [0.4, 0.5) is 5.69 Å². The number of aryl methyl sites for hydroxylation is 1. The number of aliphatic imine (C=N–C) groups is 1. The minimum atomic E-state index is 0.639. The van der Waals surface area contributed by atoms with Crippen molar-refractivity contribution in [2.75, 3.05) is 11.9 Å². The second-order valence-electron chi connectivity index (χ2n) is 5.10. The average Bonchev–Trinajstić information content (AvgIpc) is 2.70. The Morgan fingerprint density at radius 2 is 2.28 bits per heavy atom. The highest BCUT2D eigenvalue weighted by atomic mass is 79.9. The Kier molecular flexibility index (Phi) is 4.73. The molecule has 4 heteroatoms. The van der Waals surface area contributed by atoms with Crippen LogP contribution in [0.25, 0.3) is 0 Å². The van der Waals surface area contributed by atoms with Crippen molar-refractivity contribution < 1.29 is 0 Å². The molecule has 0 fully saturated rings. The van der Waals surface area contributed by atoms with Crippen LogP contribution in [-0.2, 0) is 0 Å². The quantitative estimate of drug-likeness (QED) is 0.871. The van der Waals surface area contributed by atoms with Crippen molar-refractivity contribution in [1.29, 1.82) is 0 Å². The summed E-state index contributed by atoms with van der Waals surface area (Å²) in [4.78, 5) is 4.59. The van der Waals surface area contributed by atoms with Crippen LogP contribution in [0.3, 0.4) is 0 Å². The topological polar surface area (TPSA) is 24.4 Å². The maximum absolute atomic E-state index is 4.59. The number of amidine groups is 1. The van der Waals surface area contributed by atoms with Crippen molar-refractivity contribution in [3.8, 4) is 0 Å². The van der Waals surface area contributed by atoms with Gasteiger partial charge in [0.15, 0.2) is 5.17 Å². The normalized spacial score (nSPS) is 19.2. The fourth-order valence-electron chi connectivity index (χ4n) is 1.98. The summed E-state index contributed by atoms with van der Waals surface area (Å²) in [5, 5.41) is 5.13. The zero-order chi connectivity index (χ0) is 13.1. The molecule has 1 aromatic rings. The second-order valence-corrected chi connectivity index (χ2v) is 7.30. The smallest absolute Gasteiger partial charge is 0.161 e. The van der Waals surface area contributed by atoms with Crippen LogP contribution >= 0.6 is 27.7 Å². The van der Waals surface area contributed by atoms with Crippen molar-refractivity contribution >= 4 is 38.5 Å². The largest absolute Gasteiger partial charge is 0.335 e. The molecule has 1 N–H and O–H groups in total. The molecule has 0 saturated carbocycles. The van der Waals surface area contributed by atoms with Crippen LogP contribution in [0.1, 0.15) is 25.8 Å². The molecular formula is C14H19BrN2S. The third-order valence-electron chi connectivity index (χ3n) is 2.89. The number of rotatable bonds is 3. The molecule has 1 aliphatic rings. The third kappa shape index (κ3) is 3.75. The molecule has 2 rings (SSSR count). The van der Waals surface area contributed by atoms with Gasteiger partial charge in [-0.25, -0.2) is 0 Å².